The SMILES string of the molecule is CC1CC(C)CC(NC(C)c2cc(F)c(Cl)cc2Cl)C1. The molecule has 3 unspecified atom stereocenters. The van der Waals surface area contributed by atoms with E-state index in [-0.39, 0.29) is 11.1 Å². The van der Waals surface area contributed by atoms with Crippen LogP contribution in [0.2, 0.25) is 10.0 Å². The molecule has 112 valence electrons. The Balaban J connectivity index is 2.08. The highest BCUT2D eigenvalue weighted by Gasteiger charge is 2.25. The molecule has 1 nitrogen and oxygen atoms in total. The van der Waals surface area contributed by atoms with Crippen molar-refractivity contribution in [3.05, 3.63) is 33.6 Å². The van der Waals surface area contributed by atoms with Crippen LogP contribution >= 0.6 is 23.2 Å². The van der Waals surface area contributed by atoms with Gasteiger partial charge in [-0.15, -0.1) is 0 Å². The molecular formula is C16H22Cl2FN. The largest absolute Gasteiger partial charge is 0.307 e. The van der Waals surface area contributed by atoms with Gasteiger partial charge in [-0.25, -0.2) is 4.39 Å². The minimum absolute atomic E-state index is 0.0248. The number of benzene rings is 1. The first kappa shape index (κ1) is 16.1. The van der Waals surface area contributed by atoms with Crippen molar-refractivity contribution in [2.75, 3.05) is 0 Å². The smallest absolute Gasteiger partial charge is 0.142 e. The van der Waals surface area contributed by atoms with E-state index in [1.165, 1.54) is 31.4 Å². The van der Waals surface area contributed by atoms with Gasteiger partial charge in [0.1, 0.15) is 5.82 Å². The zero-order valence-corrected chi connectivity index (χ0v) is 13.7. The zero-order chi connectivity index (χ0) is 14.9. The third-order valence-corrected chi connectivity index (χ3v) is 4.79. The Kier molecular flexibility index (Phi) is 5.33. The molecule has 0 aromatic heterocycles. The lowest BCUT2D eigenvalue weighted by atomic mass is 9.80. The standard InChI is InChI=1S/C16H22Cl2FN/c1-9-4-10(2)6-12(5-9)20-11(3)13-7-16(19)15(18)8-14(13)17/h7-12,20H,4-6H2,1-3H3. The van der Waals surface area contributed by atoms with E-state index in [4.69, 9.17) is 23.2 Å². The number of nitrogens with one attached hydrogen (secondary N) is 1. The van der Waals surface area contributed by atoms with Gasteiger partial charge >= 0.3 is 0 Å². The summed E-state index contributed by atoms with van der Waals surface area (Å²) >= 11 is 11.9. The molecule has 0 aliphatic heterocycles. The molecule has 1 saturated carbocycles. The first-order valence-corrected chi connectivity index (χ1v) is 8.03. The Labute approximate surface area is 130 Å². The molecule has 0 heterocycles. The van der Waals surface area contributed by atoms with Gasteiger partial charge in [-0.2, -0.15) is 0 Å². The molecule has 1 aliphatic carbocycles. The molecule has 3 atom stereocenters. The van der Waals surface area contributed by atoms with Crippen molar-refractivity contribution in [2.24, 2.45) is 11.8 Å². The zero-order valence-electron chi connectivity index (χ0n) is 12.2. The maximum atomic E-state index is 13.6. The molecule has 1 aromatic carbocycles. The quantitative estimate of drug-likeness (QED) is 0.715. The van der Waals surface area contributed by atoms with Crippen LogP contribution in [0.25, 0.3) is 0 Å². The predicted octanol–water partition coefficient (Wildman–Crippen LogP) is 5.61. The van der Waals surface area contributed by atoms with E-state index >= 15 is 0 Å². The average Bonchev–Trinajstić information content (AvgIpc) is 2.32. The van der Waals surface area contributed by atoms with Crippen LogP contribution < -0.4 is 5.32 Å². The fourth-order valence-corrected chi connectivity index (χ4v) is 3.94. The second kappa shape index (κ2) is 6.64. The van der Waals surface area contributed by atoms with Crippen molar-refractivity contribution in [3.8, 4) is 0 Å². The highest BCUT2D eigenvalue weighted by Crippen LogP contribution is 2.32. The number of hydrogen-bond acceptors (Lipinski definition) is 1. The fourth-order valence-electron chi connectivity index (χ4n) is 3.40. The molecule has 1 N–H and O–H groups in total. The summed E-state index contributed by atoms with van der Waals surface area (Å²) in [6.07, 6.45) is 3.63. The first-order chi connectivity index (χ1) is 9.36. The molecule has 1 aliphatic rings. The van der Waals surface area contributed by atoms with E-state index in [1.54, 1.807) is 0 Å². The van der Waals surface area contributed by atoms with E-state index in [0.29, 0.717) is 11.1 Å². The van der Waals surface area contributed by atoms with Crippen LogP contribution in [0.4, 0.5) is 4.39 Å². The van der Waals surface area contributed by atoms with Gasteiger partial charge in [0.15, 0.2) is 0 Å². The van der Waals surface area contributed by atoms with E-state index < -0.39 is 5.82 Å². The van der Waals surface area contributed by atoms with Crippen molar-refractivity contribution in [1.82, 2.24) is 5.32 Å². The second-order valence-corrected chi connectivity index (χ2v) is 7.10. The molecule has 2 rings (SSSR count). The maximum absolute atomic E-state index is 13.6. The highest BCUT2D eigenvalue weighted by atomic mass is 35.5. The van der Waals surface area contributed by atoms with Gasteiger partial charge in [0.25, 0.3) is 0 Å². The Morgan fingerprint density at radius 3 is 2.30 bits per heavy atom. The minimum atomic E-state index is -0.412. The van der Waals surface area contributed by atoms with Crippen LogP contribution in [0, 0.1) is 17.7 Å². The Hall–Kier alpha value is -0.310. The minimum Gasteiger partial charge on any atom is -0.307 e. The summed E-state index contributed by atoms with van der Waals surface area (Å²) < 4.78 is 13.6. The summed E-state index contributed by atoms with van der Waals surface area (Å²) in [7, 11) is 0. The van der Waals surface area contributed by atoms with E-state index in [0.717, 1.165) is 17.4 Å². The first-order valence-electron chi connectivity index (χ1n) is 7.27. The van der Waals surface area contributed by atoms with E-state index in [1.807, 2.05) is 6.92 Å². The number of rotatable bonds is 3. The Morgan fingerprint density at radius 2 is 1.70 bits per heavy atom. The van der Waals surface area contributed by atoms with Crippen molar-refractivity contribution in [3.63, 3.8) is 0 Å². The summed E-state index contributed by atoms with van der Waals surface area (Å²) in [4.78, 5) is 0. The fraction of sp³-hybridized carbons (Fsp3) is 0.625. The normalized spacial score (nSPS) is 28.4. The van der Waals surface area contributed by atoms with Gasteiger partial charge in [-0.3, -0.25) is 0 Å². The monoisotopic (exact) mass is 317 g/mol. The Morgan fingerprint density at radius 1 is 1.10 bits per heavy atom. The summed E-state index contributed by atoms with van der Waals surface area (Å²) in [6, 6.07) is 3.42. The van der Waals surface area contributed by atoms with Crippen molar-refractivity contribution < 1.29 is 4.39 Å². The molecular weight excluding hydrogens is 296 g/mol. The van der Waals surface area contributed by atoms with Crippen LogP contribution in [0.1, 0.15) is 51.6 Å². The molecule has 0 amide bonds. The highest BCUT2D eigenvalue weighted by molar-refractivity contribution is 6.35. The molecule has 0 radical (unpaired) electrons. The molecule has 0 spiro atoms. The van der Waals surface area contributed by atoms with Crippen LogP contribution in [0.5, 0.6) is 0 Å². The van der Waals surface area contributed by atoms with Gasteiger partial charge in [0, 0.05) is 17.1 Å². The van der Waals surface area contributed by atoms with Crippen molar-refractivity contribution >= 4 is 23.2 Å². The van der Waals surface area contributed by atoms with Crippen LogP contribution in [-0.2, 0) is 0 Å². The summed E-state index contributed by atoms with van der Waals surface area (Å²) in [5.41, 5.74) is 0.777. The summed E-state index contributed by atoms with van der Waals surface area (Å²) in [6.45, 7) is 6.62. The van der Waals surface area contributed by atoms with Gasteiger partial charge in [-0.05, 0) is 55.7 Å². The third kappa shape index (κ3) is 3.87. The van der Waals surface area contributed by atoms with Gasteiger partial charge in [0.2, 0.25) is 0 Å². The molecule has 0 saturated heterocycles. The molecule has 0 bridgehead atoms. The number of hydrogen-bond donors (Lipinski definition) is 1. The lowest BCUT2D eigenvalue weighted by molar-refractivity contribution is 0.228. The van der Waals surface area contributed by atoms with E-state index in [2.05, 4.69) is 19.2 Å². The van der Waals surface area contributed by atoms with Gasteiger partial charge < -0.3 is 5.32 Å². The van der Waals surface area contributed by atoms with Crippen LogP contribution in [0.3, 0.4) is 0 Å². The number of halogens is 3. The molecule has 4 heteroatoms. The Bertz CT molecular complexity index is 468. The van der Waals surface area contributed by atoms with Crippen LogP contribution in [0.15, 0.2) is 12.1 Å². The molecule has 20 heavy (non-hydrogen) atoms. The lowest BCUT2D eigenvalue weighted by Gasteiger charge is -2.34. The lowest BCUT2D eigenvalue weighted by Crippen LogP contribution is -2.37. The van der Waals surface area contributed by atoms with Gasteiger partial charge in [0.05, 0.1) is 5.02 Å². The van der Waals surface area contributed by atoms with Crippen molar-refractivity contribution in [2.45, 2.75) is 52.1 Å². The third-order valence-electron chi connectivity index (χ3n) is 4.17. The molecule has 1 fully saturated rings. The summed E-state index contributed by atoms with van der Waals surface area (Å²) in [5, 5.41) is 4.19. The average molecular weight is 318 g/mol. The second-order valence-electron chi connectivity index (χ2n) is 6.29. The van der Waals surface area contributed by atoms with Crippen molar-refractivity contribution in [1.29, 1.82) is 0 Å². The molecule has 1 aromatic rings. The van der Waals surface area contributed by atoms with Gasteiger partial charge in [-0.1, -0.05) is 37.0 Å². The predicted molar refractivity (Wildman–Crippen MR) is 83.9 cm³/mol. The summed E-state index contributed by atoms with van der Waals surface area (Å²) in [5.74, 6) is 1.06. The van der Waals surface area contributed by atoms with E-state index in [9.17, 15) is 4.39 Å². The van der Waals surface area contributed by atoms with Crippen LogP contribution in [-0.4, -0.2) is 6.04 Å². The topological polar surface area (TPSA) is 12.0 Å². The maximum Gasteiger partial charge on any atom is 0.142 e.